The molecule has 34 heavy (non-hydrogen) atoms. The Morgan fingerprint density at radius 3 is 2.47 bits per heavy atom. The molecule has 0 aliphatic carbocycles. The summed E-state index contributed by atoms with van der Waals surface area (Å²) in [7, 11) is 1.55. The number of carbonyl (C=O) groups excluding carboxylic acids is 2. The minimum atomic E-state index is -0.313. The molecule has 1 aliphatic heterocycles. The molecule has 1 aliphatic rings. The van der Waals surface area contributed by atoms with E-state index in [1.807, 2.05) is 61.5 Å². The van der Waals surface area contributed by atoms with Gasteiger partial charge in [-0.25, -0.2) is 0 Å². The average molecular weight is 559 g/mol. The smallest absolute Gasteiger partial charge is 0.293 e. The molecule has 0 aromatic heterocycles. The van der Waals surface area contributed by atoms with Crippen molar-refractivity contribution in [3.8, 4) is 11.5 Å². The summed E-state index contributed by atoms with van der Waals surface area (Å²) in [6.07, 6.45) is 1.69. The highest BCUT2D eigenvalue weighted by Crippen LogP contribution is 2.40. The molecular weight excluding hydrogens is 538 g/mol. The van der Waals surface area contributed by atoms with Crippen molar-refractivity contribution in [1.82, 2.24) is 4.90 Å². The first kappa shape index (κ1) is 24.4. The summed E-state index contributed by atoms with van der Waals surface area (Å²) in [6, 6.07) is 18.8. The van der Waals surface area contributed by atoms with Gasteiger partial charge in [0.1, 0.15) is 6.61 Å². The summed E-state index contributed by atoms with van der Waals surface area (Å²) >= 11 is 10.7. The molecule has 0 saturated carbocycles. The highest BCUT2D eigenvalue weighted by Gasteiger charge is 2.35. The molecular formula is C26H21BrClNO4S. The SMILES string of the molecule is COc1cc(/C=C2\SC(=O)N(Cc3ccccc3C)C2=O)cc(Br)c1OCc1ccccc1Cl. The largest absolute Gasteiger partial charge is 0.493 e. The van der Waals surface area contributed by atoms with Gasteiger partial charge in [0.05, 0.1) is 23.0 Å². The van der Waals surface area contributed by atoms with Crippen LogP contribution in [0.2, 0.25) is 5.02 Å². The fourth-order valence-electron chi connectivity index (χ4n) is 3.47. The van der Waals surface area contributed by atoms with Crippen molar-refractivity contribution >= 4 is 56.5 Å². The van der Waals surface area contributed by atoms with Crippen LogP contribution in [0.15, 0.2) is 70.0 Å². The number of nitrogens with zero attached hydrogens (tertiary/aromatic N) is 1. The monoisotopic (exact) mass is 557 g/mol. The number of thioether (sulfide) groups is 1. The Balaban J connectivity index is 1.55. The maximum absolute atomic E-state index is 13.0. The summed E-state index contributed by atoms with van der Waals surface area (Å²) in [5.41, 5.74) is 3.53. The summed E-state index contributed by atoms with van der Waals surface area (Å²) in [5, 5.41) is 0.334. The first-order chi connectivity index (χ1) is 16.4. The third-order valence-corrected chi connectivity index (χ3v) is 7.21. The molecule has 0 atom stereocenters. The zero-order valence-electron chi connectivity index (χ0n) is 18.5. The maximum Gasteiger partial charge on any atom is 0.293 e. The van der Waals surface area contributed by atoms with E-state index in [0.717, 1.165) is 28.5 Å². The number of hydrogen-bond acceptors (Lipinski definition) is 5. The molecule has 3 aromatic rings. The number of halogens is 2. The van der Waals surface area contributed by atoms with Crippen molar-refractivity contribution in [3.63, 3.8) is 0 Å². The van der Waals surface area contributed by atoms with Gasteiger partial charge in [-0.15, -0.1) is 0 Å². The lowest BCUT2D eigenvalue weighted by Crippen LogP contribution is -2.27. The number of ether oxygens (including phenoxy) is 2. The van der Waals surface area contributed by atoms with Crippen molar-refractivity contribution in [2.75, 3.05) is 7.11 Å². The molecule has 2 amide bonds. The molecule has 4 rings (SSSR count). The molecule has 1 heterocycles. The fourth-order valence-corrected chi connectivity index (χ4v) is 5.08. The lowest BCUT2D eigenvalue weighted by molar-refractivity contribution is -0.123. The van der Waals surface area contributed by atoms with Crippen LogP contribution in [-0.4, -0.2) is 23.2 Å². The van der Waals surface area contributed by atoms with Crippen LogP contribution >= 0.6 is 39.3 Å². The summed E-state index contributed by atoms with van der Waals surface area (Å²) in [6.45, 7) is 2.48. The first-order valence-corrected chi connectivity index (χ1v) is 12.4. The topological polar surface area (TPSA) is 55.8 Å². The van der Waals surface area contributed by atoms with E-state index >= 15 is 0 Å². The standard InChI is InChI=1S/C26H21BrClNO4S/c1-16-7-3-4-8-18(16)14-29-25(30)23(34-26(29)31)13-17-11-20(27)24(22(12-17)32-2)33-15-19-9-5-6-10-21(19)28/h3-13H,14-15H2,1-2H3/b23-13-. The number of benzene rings is 3. The number of hydrogen-bond donors (Lipinski definition) is 0. The van der Waals surface area contributed by atoms with Crippen LogP contribution in [0.1, 0.15) is 22.3 Å². The van der Waals surface area contributed by atoms with Crippen LogP contribution in [0.4, 0.5) is 4.79 Å². The van der Waals surface area contributed by atoms with Crippen LogP contribution in [0.3, 0.4) is 0 Å². The summed E-state index contributed by atoms with van der Waals surface area (Å²) < 4.78 is 12.2. The number of rotatable bonds is 7. The highest BCUT2D eigenvalue weighted by atomic mass is 79.9. The van der Waals surface area contributed by atoms with Crippen LogP contribution in [0.5, 0.6) is 11.5 Å². The molecule has 0 bridgehead atoms. The molecule has 3 aromatic carbocycles. The van der Waals surface area contributed by atoms with Gasteiger partial charge in [-0.2, -0.15) is 0 Å². The van der Waals surface area contributed by atoms with E-state index in [1.165, 1.54) is 4.90 Å². The molecule has 8 heteroatoms. The van der Waals surface area contributed by atoms with E-state index in [-0.39, 0.29) is 24.3 Å². The van der Waals surface area contributed by atoms with E-state index < -0.39 is 0 Å². The number of amides is 2. The van der Waals surface area contributed by atoms with Crippen LogP contribution in [0, 0.1) is 6.92 Å². The second-order valence-corrected chi connectivity index (χ2v) is 9.86. The van der Waals surface area contributed by atoms with Gasteiger partial charge in [-0.05, 0) is 75.6 Å². The van der Waals surface area contributed by atoms with E-state index in [1.54, 1.807) is 19.3 Å². The maximum atomic E-state index is 13.0. The van der Waals surface area contributed by atoms with Crippen molar-refractivity contribution < 1.29 is 19.1 Å². The Bertz CT molecular complexity index is 1290. The molecule has 1 fully saturated rings. The van der Waals surface area contributed by atoms with Gasteiger partial charge in [-0.1, -0.05) is 54.1 Å². The number of imide groups is 1. The Hall–Kier alpha value is -2.74. The lowest BCUT2D eigenvalue weighted by Gasteiger charge is -2.15. The van der Waals surface area contributed by atoms with Crippen LogP contribution < -0.4 is 9.47 Å². The molecule has 0 radical (unpaired) electrons. The van der Waals surface area contributed by atoms with Crippen molar-refractivity contribution in [2.24, 2.45) is 0 Å². The second kappa shape index (κ2) is 10.7. The third-order valence-electron chi connectivity index (χ3n) is 5.34. The zero-order valence-corrected chi connectivity index (χ0v) is 21.7. The van der Waals surface area contributed by atoms with Crippen molar-refractivity contribution in [3.05, 3.63) is 97.3 Å². The van der Waals surface area contributed by atoms with Gasteiger partial charge >= 0.3 is 0 Å². The Kier molecular flexibility index (Phi) is 7.66. The average Bonchev–Trinajstić information content (AvgIpc) is 3.07. The lowest BCUT2D eigenvalue weighted by atomic mass is 10.1. The summed E-state index contributed by atoms with van der Waals surface area (Å²) in [4.78, 5) is 27.2. The van der Waals surface area contributed by atoms with E-state index in [0.29, 0.717) is 31.5 Å². The fraction of sp³-hybridized carbons (Fsp3) is 0.154. The highest BCUT2D eigenvalue weighted by molar-refractivity contribution is 9.10. The van der Waals surface area contributed by atoms with Gasteiger partial charge in [0.25, 0.3) is 11.1 Å². The van der Waals surface area contributed by atoms with Gasteiger partial charge in [0.2, 0.25) is 0 Å². The van der Waals surface area contributed by atoms with Gasteiger partial charge in [0.15, 0.2) is 11.5 Å². The Labute approximate surface area is 215 Å². The molecule has 0 unspecified atom stereocenters. The summed E-state index contributed by atoms with van der Waals surface area (Å²) in [5.74, 6) is 0.700. The Morgan fingerprint density at radius 1 is 1.06 bits per heavy atom. The molecule has 1 saturated heterocycles. The minimum absolute atomic E-state index is 0.247. The predicted octanol–water partition coefficient (Wildman–Crippen LogP) is 7.24. The number of carbonyl (C=O) groups is 2. The predicted molar refractivity (Wildman–Crippen MR) is 139 cm³/mol. The zero-order chi connectivity index (χ0) is 24.2. The second-order valence-electron chi connectivity index (χ2n) is 7.61. The van der Waals surface area contributed by atoms with Crippen LogP contribution in [0.25, 0.3) is 6.08 Å². The number of aryl methyl sites for hydroxylation is 1. The molecule has 0 spiro atoms. The minimum Gasteiger partial charge on any atom is -0.493 e. The van der Waals surface area contributed by atoms with Crippen molar-refractivity contribution in [2.45, 2.75) is 20.1 Å². The third kappa shape index (κ3) is 5.32. The van der Waals surface area contributed by atoms with Gasteiger partial charge < -0.3 is 9.47 Å². The Morgan fingerprint density at radius 2 is 1.76 bits per heavy atom. The number of methoxy groups -OCH3 is 1. The molecule has 5 nitrogen and oxygen atoms in total. The quantitative estimate of drug-likeness (QED) is 0.286. The van der Waals surface area contributed by atoms with E-state index in [9.17, 15) is 9.59 Å². The van der Waals surface area contributed by atoms with Gasteiger partial charge in [0, 0.05) is 10.6 Å². The van der Waals surface area contributed by atoms with E-state index in [4.69, 9.17) is 21.1 Å². The van der Waals surface area contributed by atoms with Gasteiger partial charge in [-0.3, -0.25) is 14.5 Å². The van der Waals surface area contributed by atoms with Crippen molar-refractivity contribution in [1.29, 1.82) is 0 Å². The first-order valence-electron chi connectivity index (χ1n) is 10.4. The van der Waals surface area contributed by atoms with Crippen LogP contribution in [-0.2, 0) is 17.9 Å². The molecule has 0 N–H and O–H groups in total. The van der Waals surface area contributed by atoms with E-state index in [2.05, 4.69) is 15.9 Å². The normalized spacial score (nSPS) is 14.7. The molecule has 174 valence electrons.